The number of piperidine rings is 1. The second-order valence-electron chi connectivity index (χ2n) is 4.90. The maximum Gasteiger partial charge on any atom is 0.250 e. The van der Waals surface area contributed by atoms with Crippen LogP contribution in [0.3, 0.4) is 0 Å². The third kappa shape index (κ3) is 3.57. The molecule has 1 aromatic rings. The summed E-state index contributed by atoms with van der Waals surface area (Å²) in [6.45, 7) is 3.26. The third-order valence-electron chi connectivity index (χ3n) is 3.60. The van der Waals surface area contributed by atoms with Crippen LogP contribution in [0.4, 0.5) is 0 Å². The summed E-state index contributed by atoms with van der Waals surface area (Å²) in [7, 11) is 0. The van der Waals surface area contributed by atoms with Crippen LogP contribution in [0, 0.1) is 5.92 Å². The van der Waals surface area contributed by atoms with Gasteiger partial charge in [-0.05, 0) is 25.5 Å². The number of nitrogens with zero attached hydrogens (tertiary/aromatic N) is 3. The highest BCUT2D eigenvalue weighted by Crippen LogP contribution is 2.16. The lowest BCUT2D eigenvalue weighted by molar-refractivity contribution is 0.193. The maximum atomic E-state index is 11.6. The van der Waals surface area contributed by atoms with Gasteiger partial charge in [-0.3, -0.25) is 4.79 Å². The van der Waals surface area contributed by atoms with Gasteiger partial charge in [-0.15, -0.1) is 0 Å². The summed E-state index contributed by atoms with van der Waals surface area (Å²) in [5, 5.41) is 11.8. The van der Waals surface area contributed by atoms with Gasteiger partial charge in [0.05, 0.1) is 0 Å². The molecule has 1 atom stereocenters. The highest BCUT2D eigenvalue weighted by atomic mass is 16.4. The molecule has 0 aromatic carbocycles. The highest BCUT2D eigenvalue weighted by Gasteiger charge is 2.22. The first kappa shape index (κ1) is 13.6. The second kappa shape index (κ2) is 6.38. The average Bonchev–Trinajstić information content (AvgIpc) is 2.46. The summed E-state index contributed by atoms with van der Waals surface area (Å²) in [5.41, 5.74) is 5.68. The summed E-state index contributed by atoms with van der Waals surface area (Å²) in [5.74, 6) is 0.424. The van der Waals surface area contributed by atoms with Crippen molar-refractivity contribution in [2.75, 3.05) is 19.6 Å². The smallest absolute Gasteiger partial charge is 0.250 e. The molecule has 1 aromatic heterocycles. The number of oxime groups is 1. The molecular weight excluding hydrogens is 244 g/mol. The lowest BCUT2D eigenvalue weighted by Crippen LogP contribution is -2.42. The molecule has 1 saturated heterocycles. The molecule has 0 aliphatic carbocycles. The van der Waals surface area contributed by atoms with Gasteiger partial charge in [0, 0.05) is 37.8 Å². The fourth-order valence-corrected chi connectivity index (χ4v) is 2.48. The molecule has 0 spiro atoms. The zero-order chi connectivity index (χ0) is 13.7. The summed E-state index contributed by atoms with van der Waals surface area (Å²) in [6, 6.07) is 5.17. The van der Waals surface area contributed by atoms with E-state index < -0.39 is 0 Å². The van der Waals surface area contributed by atoms with Crippen LogP contribution >= 0.6 is 0 Å². The Balaban J connectivity index is 1.90. The number of aromatic nitrogens is 1. The number of pyridine rings is 1. The first-order chi connectivity index (χ1) is 9.20. The van der Waals surface area contributed by atoms with E-state index in [1.54, 1.807) is 22.9 Å². The van der Waals surface area contributed by atoms with Crippen LogP contribution in [-0.4, -0.2) is 40.1 Å². The standard InChI is InChI=1S/C13H20N4O2/c14-13(15-19)11-4-3-6-16(10-11)8-9-17-7-2-1-5-12(17)18/h1-2,5,7,11,19H,3-4,6,8-10H2,(H2,14,15). The van der Waals surface area contributed by atoms with Crippen molar-refractivity contribution in [3.63, 3.8) is 0 Å². The van der Waals surface area contributed by atoms with Crippen LogP contribution in [0.1, 0.15) is 12.8 Å². The SMILES string of the molecule is N/C(=N/O)C1CCCN(CCn2ccccc2=O)C1. The van der Waals surface area contributed by atoms with Crippen LogP contribution < -0.4 is 11.3 Å². The number of rotatable bonds is 4. The number of hydrogen-bond acceptors (Lipinski definition) is 4. The van der Waals surface area contributed by atoms with Crippen LogP contribution in [-0.2, 0) is 6.54 Å². The Bertz CT molecular complexity index is 497. The van der Waals surface area contributed by atoms with Crippen molar-refractivity contribution in [3.05, 3.63) is 34.7 Å². The third-order valence-corrected chi connectivity index (χ3v) is 3.60. The number of nitrogens with two attached hydrogens (primary N) is 1. The molecule has 0 amide bonds. The Kier molecular flexibility index (Phi) is 4.57. The van der Waals surface area contributed by atoms with Gasteiger partial charge in [0.25, 0.3) is 5.56 Å². The molecule has 1 unspecified atom stereocenters. The van der Waals surface area contributed by atoms with E-state index in [9.17, 15) is 4.79 Å². The monoisotopic (exact) mass is 264 g/mol. The van der Waals surface area contributed by atoms with E-state index in [1.807, 2.05) is 6.07 Å². The summed E-state index contributed by atoms with van der Waals surface area (Å²) in [6.07, 6.45) is 3.79. The zero-order valence-corrected chi connectivity index (χ0v) is 10.9. The van der Waals surface area contributed by atoms with Crippen molar-refractivity contribution >= 4 is 5.84 Å². The van der Waals surface area contributed by atoms with E-state index in [4.69, 9.17) is 10.9 Å². The van der Waals surface area contributed by atoms with Crippen LogP contribution in [0.25, 0.3) is 0 Å². The molecule has 6 nitrogen and oxygen atoms in total. The van der Waals surface area contributed by atoms with E-state index >= 15 is 0 Å². The minimum Gasteiger partial charge on any atom is -0.409 e. The molecule has 2 heterocycles. The van der Waals surface area contributed by atoms with Gasteiger partial charge in [0.1, 0.15) is 5.84 Å². The number of amidine groups is 1. The van der Waals surface area contributed by atoms with Crippen molar-refractivity contribution in [1.29, 1.82) is 0 Å². The van der Waals surface area contributed by atoms with Gasteiger partial charge in [0.15, 0.2) is 0 Å². The van der Waals surface area contributed by atoms with E-state index in [0.29, 0.717) is 12.4 Å². The van der Waals surface area contributed by atoms with E-state index in [2.05, 4.69) is 10.1 Å². The molecule has 0 saturated carbocycles. The predicted octanol–water partition coefficient (Wildman–Crippen LogP) is 0.307. The quantitative estimate of drug-likeness (QED) is 0.355. The number of hydrogen-bond donors (Lipinski definition) is 2. The normalized spacial score (nSPS) is 21.5. The molecular formula is C13H20N4O2. The number of likely N-dealkylation sites (tertiary alicyclic amines) is 1. The van der Waals surface area contributed by atoms with Crippen molar-refractivity contribution in [1.82, 2.24) is 9.47 Å². The Hall–Kier alpha value is -1.82. The van der Waals surface area contributed by atoms with Gasteiger partial charge in [-0.2, -0.15) is 0 Å². The van der Waals surface area contributed by atoms with Crippen molar-refractivity contribution < 1.29 is 5.21 Å². The summed E-state index contributed by atoms with van der Waals surface area (Å²) >= 11 is 0. The van der Waals surface area contributed by atoms with Gasteiger partial charge in [0.2, 0.25) is 0 Å². The van der Waals surface area contributed by atoms with Crippen LogP contribution in [0.5, 0.6) is 0 Å². The van der Waals surface area contributed by atoms with Gasteiger partial charge in [-0.25, -0.2) is 0 Å². The van der Waals surface area contributed by atoms with Gasteiger partial charge in [-0.1, -0.05) is 11.2 Å². The second-order valence-corrected chi connectivity index (χ2v) is 4.90. The molecule has 1 aliphatic heterocycles. The molecule has 2 rings (SSSR count). The molecule has 104 valence electrons. The van der Waals surface area contributed by atoms with Gasteiger partial charge >= 0.3 is 0 Å². The van der Waals surface area contributed by atoms with E-state index in [1.165, 1.54) is 0 Å². The molecule has 6 heteroatoms. The average molecular weight is 264 g/mol. The van der Waals surface area contributed by atoms with Crippen LogP contribution in [0.15, 0.2) is 34.3 Å². The molecule has 3 N–H and O–H groups in total. The maximum absolute atomic E-state index is 11.6. The van der Waals surface area contributed by atoms with Crippen LogP contribution in [0.2, 0.25) is 0 Å². The van der Waals surface area contributed by atoms with E-state index in [-0.39, 0.29) is 11.5 Å². The Morgan fingerprint density at radius 1 is 1.47 bits per heavy atom. The Morgan fingerprint density at radius 3 is 3.05 bits per heavy atom. The van der Waals surface area contributed by atoms with Crippen molar-refractivity contribution in [2.45, 2.75) is 19.4 Å². The molecule has 19 heavy (non-hydrogen) atoms. The largest absolute Gasteiger partial charge is 0.409 e. The Labute approximate surface area is 112 Å². The lowest BCUT2D eigenvalue weighted by atomic mass is 9.97. The zero-order valence-electron chi connectivity index (χ0n) is 10.9. The minimum absolute atomic E-state index is 0.0208. The predicted molar refractivity (Wildman–Crippen MR) is 73.3 cm³/mol. The van der Waals surface area contributed by atoms with Gasteiger partial charge < -0.3 is 20.4 Å². The lowest BCUT2D eigenvalue weighted by Gasteiger charge is -2.32. The summed E-state index contributed by atoms with van der Waals surface area (Å²) < 4.78 is 1.70. The first-order valence-electron chi connectivity index (χ1n) is 6.56. The van der Waals surface area contributed by atoms with Crippen molar-refractivity contribution in [3.8, 4) is 0 Å². The highest BCUT2D eigenvalue weighted by molar-refractivity contribution is 5.82. The minimum atomic E-state index is 0.0208. The van der Waals surface area contributed by atoms with Crippen molar-refractivity contribution in [2.24, 2.45) is 16.8 Å². The topological polar surface area (TPSA) is 83.8 Å². The Morgan fingerprint density at radius 2 is 2.32 bits per heavy atom. The molecule has 0 bridgehead atoms. The molecule has 1 aliphatic rings. The fraction of sp³-hybridized carbons (Fsp3) is 0.538. The van der Waals surface area contributed by atoms with E-state index in [0.717, 1.165) is 32.5 Å². The molecule has 1 fully saturated rings. The first-order valence-corrected chi connectivity index (χ1v) is 6.56. The summed E-state index contributed by atoms with van der Waals surface area (Å²) in [4.78, 5) is 13.8. The molecule has 0 radical (unpaired) electrons. The fourth-order valence-electron chi connectivity index (χ4n) is 2.48.